The number of carboxylic acids is 1. The number of benzene rings is 2. The summed E-state index contributed by atoms with van der Waals surface area (Å²) in [5.74, 6) is 0.641. The molecule has 0 saturated heterocycles. The molecule has 0 saturated carbocycles. The lowest BCUT2D eigenvalue weighted by atomic mass is 10.00. The van der Waals surface area contributed by atoms with Gasteiger partial charge in [0.1, 0.15) is 12.4 Å². The van der Waals surface area contributed by atoms with Crippen LogP contribution in [0, 0.1) is 0 Å². The van der Waals surface area contributed by atoms with Crippen molar-refractivity contribution in [1.29, 1.82) is 0 Å². The highest BCUT2D eigenvalue weighted by Crippen LogP contribution is 2.35. The van der Waals surface area contributed by atoms with E-state index in [0.29, 0.717) is 47.9 Å². The van der Waals surface area contributed by atoms with Crippen LogP contribution in [-0.4, -0.2) is 55.0 Å². The molecule has 3 rings (SSSR count). The summed E-state index contributed by atoms with van der Waals surface area (Å²) in [5.41, 5.74) is 1.14. The van der Waals surface area contributed by atoms with Crippen molar-refractivity contribution in [2.75, 3.05) is 31.9 Å². The third-order valence-electron chi connectivity index (χ3n) is 5.02. The Labute approximate surface area is 203 Å². The van der Waals surface area contributed by atoms with Crippen molar-refractivity contribution in [3.63, 3.8) is 0 Å². The molecule has 3 N–H and O–H groups in total. The standard InChI is InChI=1S/C25H29NO9/c1-2-31-21(5-3-4-6-23(28)29)24(17-7-10-19(11-8-17)32-14-13-27)35-25(30)26-18-9-12-20-22(15-18)34-16-33-20/h4,6-12,15,21,24,27H,2-3,5,13-14,16H2,1H3,(H,26,30)(H,28,29)/b6-4+/t21-,24-/m1/s1. The van der Waals surface area contributed by atoms with Gasteiger partial charge in [0.05, 0.1) is 12.7 Å². The van der Waals surface area contributed by atoms with Crippen molar-refractivity contribution in [1.82, 2.24) is 0 Å². The molecule has 2 aromatic rings. The predicted molar refractivity (Wildman–Crippen MR) is 126 cm³/mol. The summed E-state index contributed by atoms with van der Waals surface area (Å²) in [6.45, 7) is 2.37. The number of rotatable bonds is 13. The molecule has 10 nitrogen and oxygen atoms in total. The summed E-state index contributed by atoms with van der Waals surface area (Å²) < 4.78 is 27.7. The molecular formula is C25H29NO9. The lowest BCUT2D eigenvalue weighted by Crippen LogP contribution is -2.29. The van der Waals surface area contributed by atoms with Crippen LogP contribution in [0.1, 0.15) is 31.4 Å². The van der Waals surface area contributed by atoms with E-state index in [2.05, 4.69) is 5.32 Å². The number of aliphatic hydroxyl groups is 1. The van der Waals surface area contributed by atoms with Gasteiger partial charge in [0.15, 0.2) is 17.6 Å². The number of carboxylic acid groups (broad SMARTS) is 1. The maximum absolute atomic E-state index is 12.8. The minimum Gasteiger partial charge on any atom is -0.491 e. The Morgan fingerprint density at radius 2 is 1.91 bits per heavy atom. The number of aliphatic hydroxyl groups excluding tert-OH is 1. The van der Waals surface area contributed by atoms with Gasteiger partial charge >= 0.3 is 12.1 Å². The zero-order valence-electron chi connectivity index (χ0n) is 19.3. The van der Waals surface area contributed by atoms with Crippen LogP contribution in [0.4, 0.5) is 10.5 Å². The molecule has 0 spiro atoms. The third-order valence-corrected chi connectivity index (χ3v) is 5.02. The lowest BCUT2D eigenvalue weighted by molar-refractivity contribution is -0.131. The van der Waals surface area contributed by atoms with Crippen LogP contribution in [0.2, 0.25) is 0 Å². The Balaban J connectivity index is 1.76. The molecular weight excluding hydrogens is 458 g/mol. The summed E-state index contributed by atoms with van der Waals surface area (Å²) >= 11 is 0. The van der Waals surface area contributed by atoms with Gasteiger partial charge in [0.2, 0.25) is 6.79 Å². The average molecular weight is 488 g/mol. The van der Waals surface area contributed by atoms with Crippen LogP contribution in [-0.2, 0) is 14.3 Å². The number of ether oxygens (including phenoxy) is 5. The Morgan fingerprint density at radius 1 is 1.14 bits per heavy atom. The van der Waals surface area contributed by atoms with Gasteiger partial charge in [0.25, 0.3) is 0 Å². The van der Waals surface area contributed by atoms with Crippen LogP contribution in [0.3, 0.4) is 0 Å². The molecule has 0 aromatic heterocycles. The van der Waals surface area contributed by atoms with E-state index in [1.54, 1.807) is 42.5 Å². The number of nitrogens with one attached hydrogen (secondary N) is 1. The van der Waals surface area contributed by atoms with E-state index < -0.39 is 24.3 Å². The minimum atomic E-state index is -1.03. The first-order chi connectivity index (χ1) is 17.0. The van der Waals surface area contributed by atoms with Crippen molar-refractivity contribution in [2.45, 2.75) is 32.0 Å². The molecule has 0 fully saturated rings. The number of carbonyl (C=O) groups is 2. The van der Waals surface area contributed by atoms with Crippen molar-refractivity contribution < 1.29 is 43.5 Å². The first kappa shape index (κ1) is 25.9. The Hall–Kier alpha value is -3.76. The zero-order valence-corrected chi connectivity index (χ0v) is 19.3. The topological polar surface area (TPSA) is 133 Å². The first-order valence-electron chi connectivity index (χ1n) is 11.2. The largest absolute Gasteiger partial charge is 0.491 e. The Morgan fingerprint density at radius 3 is 2.63 bits per heavy atom. The van der Waals surface area contributed by atoms with Crippen LogP contribution in [0.15, 0.2) is 54.6 Å². The van der Waals surface area contributed by atoms with Crippen molar-refractivity contribution in [2.24, 2.45) is 0 Å². The maximum atomic E-state index is 12.8. The number of hydrogen-bond donors (Lipinski definition) is 3. The van der Waals surface area contributed by atoms with Crippen LogP contribution < -0.4 is 19.5 Å². The SMILES string of the molecule is CCO[C@H](CC/C=C/C(=O)O)[C@H](OC(=O)Nc1ccc2c(c1)OCO2)c1ccc(OCCO)cc1. The highest BCUT2D eigenvalue weighted by Gasteiger charge is 2.28. The summed E-state index contributed by atoms with van der Waals surface area (Å²) in [6, 6.07) is 11.9. The van der Waals surface area contributed by atoms with Gasteiger partial charge in [-0.25, -0.2) is 9.59 Å². The van der Waals surface area contributed by atoms with Gasteiger partial charge in [-0.05, 0) is 49.6 Å². The van der Waals surface area contributed by atoms with E-state index in [1.807, 2.05) is 6.92 Å². The highest BCUT2D eigenvalue weighted by molar-refractivity contribution is 5.85. The molecule has 35 heavy (non-hydrogen) atoms. The number of allylic oxidation sites excluding steroid dienone is 1. The van der Waals surface area contributed by atoms with Gasteiger partial charge in [-0.2, -0.15) is 0 Å². The van der Waals surface area contributed by atoms with E-state index in [4.69, 9.17) is 33.9 Å². The number of carbonyl (C=O) groups excluding carboxylic acids is 1. The number of hydrogen-bond acceptors (Lipinski definition) is 8. The molecule has 1 heterocycles. The quantitative estimate of drug-likeness (QED) is 0.360. The molecule has 10 heteroatoms. The van der Waals surface area contributed by atoms with Gasteiger partial charge in [-0.15, -0.1) is 0 Å². The minimum absolute atomic E-state index is 0.107. The van der Waals surface area contributed by atoms with Crippen molar-refractivity contribution in [3.8, 4) is 17.2 Å². The molecule has 188 valence electrons. The van der Waals surface area contributed by atoms with Gasteiger partial charge in [-0.1, -0.05) is 18.2 Å². The second-order valence-corrected chi connectivity index (χ2v) is 7.47. The fourth-order valence-corrected chi connectivity index (χ4v) is 3.49. The van der Waals surface area contributed by atoms with E-state index in [-0.39, 0.29) is 20.0 Å². The molecule has 2 atom stereocenters. The average Bonchev–Trinajstić information content (AvgIpc) is 3.31. The highest BCUT2D eigenvalue weighted by atomic mass is 16.7. The summed E-state index contributed by atoms with van der Waals surface area (Å²) in [4.78, 5) is 23.6. The normalized spacial score (nSPS) is 13.9. The number of aliphatic carboxylic acids is 1. The molecule has 0 unspecified atom stereocenters. The van der Waals surface area contributed by atoms with Gasteiger partial charge in [0, 0.05) is 24.4 Å². The summed E-state index contributed by atoms with van der Waals surface area (Å²) in [5, 5.41) is 20.5. The van der Waals surface area contributed by atoms with E-state index in [0.717, 1.165) is 6.08 Å². The number of fused-ring (bicyclic) bond motifs is 1. The molecule has 0 bridgehead atoms. The Kier molecular flexibility index (Phi) is 9.76. The molecule has 2 aromatic carbocycles. The van der Waals surface area contributed by atoms with Crippen LogP contribution in [0.5, 0.6) is 17.2 Å². The Bertz CT molecular complexity index is 1010. The molecule has 0 aliphatic carbocycles. The van der Waals surface area contributed by atoms with E-state index in [1.165, 1.54) is 6.08 Å². The molecule has 1 amide bonds. The van der Waals surface area contributed by atoms with E-state index in [9.17, 15) is 9.59 Å². The smallest absolute Gasteiger partial charge is 0.412 e. The number of anilines is 1. The molecule has 0 radical (unpaired) electrons. The van der Waals surface area contributed by atoms with Crippen molar-refractivity contribution in [3.05, 3.63) is 60.2 Å². The molecule has 1 aliphatic rings. The molecule has 1 aliphatic heterocycles. The van der Waals surface area contributed by atoms with Crippen LogP contribution >= 0.6 is 0 Å². The van der Waals surface area contributed by atoms with Gasteiger partial charge < -0.3 is 33.9 Å². The fraction of sp³-hybridized carbons (Fsp3) is 0.360. The second kappa shape index (κ2) is 13.2. The van der Waals surface area contributed by atoms with Crippen LogP contribution in [0.25, 0.3) is 0 Å². The fourth-order valence-electron chi connectivity index (χ4n) is 3.49. The van der Waals surface area contributed by atoms with E-state index >= 15 is 0 Å². The zero-order chi connectivity index (χ0) is 25.0. The lowest BCUT2D eigenvalue weighted by Gasteiger charge is -2.27. The summed E-state index contributed by atoms with van der Waals surface area (Å²) in [6.07, 6.45) is 1.42. The predicted octanol–water partition coefficient (Wildman–Crippen LogP) is 3.90. The third kappa shape index (κ3) is 7.90. The number of amides is 1. The van der Waals surface area contributed by atoms with Crippen molar-refractivity contribution >= 4 is 17.7 Å². The summed E-state index contributed by atoms with van der Waals surface area (Å²) in [7, 11) is 0. The second-order valence-electron chi connectivity index (χ2n) is 7.47. The first-order valence-corrected chi connectivity index (χ1v) is 11.2. The van der Waals surface area contributed by atoms with Gasteiger partial charge in [-0.3, -0.25) is 5.32 Å². The maximum Gasteiger partial charge on any atom is 0.412 e. The monoisotopic (exact) mass is 487 g/mol.